The lowest BCUT2D eigenvalue weighted by molar-refractivity contribution is -0.140. The number of benzene rings is 4. The fourth-order valence-corrected chi connectivity index (χ4v) is 6.84. The zero-order valence-corrected chi connectivity index (χ0v) is 29.4. The molecule has 0 spiro atoms. The quantitative estimate of drug-likeness (QED) is 0.163. The van der Waals surface area contributed by atoms with Crippen molar-refractivity contribution in [1.82, 2.24) is 10.2 Å². The molecule has 0 fully saturated rings. The minimum absolute atomic E-state index is 0.0850. The Hall–Kier alpha value is -3.95. The molecule has 4 aromatic carbocycles. The van der Waals surface area contributed by atoms with Crippen LogP contribution in [0.15, 0.2) is 106 Å². The third-order valence-corrected chi connectivity index (χ3v) is 10.0. The molecule has 0 saturated heterocycles. The van der Waals surface area contributed by atoms with Gasteiger partial charge < -0.3 is 10.2 Å². The van der Waals surface area contributed by atoms with Crippen LogP contribution >= 0.6 is 15.9 Å². The lowest BCUT2D eigenvalue weighted by Crippen LogP contribution is -2.53. The van der Waals surface area contributed by atoms with Crippen molar-refractivity contribution in [2.75, 3.05) is 17.4 Å². The monoisotopic (exact) mass is 703 g/mol. The second kappa shape index (κ2) is 15.6. The summed E-state index contributed by atoms with van der Waals surface area (Å²) in [5, 5.41) is 3.02. The summed E-state index contributed by atoms with van der Waals surface area (Å²) in [4.78, 5) is 30.1. The molecule has 0 aliphatic carbocycles. The Morgan fingerprint density at radius 2 is 1.43 bits per heavy atom. The standard InChI is InChI=1S/C37H42BrN3O4S/c1-26(2)23-39-37(43)35(22-30-9-7-6-8-10-30)40(24-31-15-17-32(38)18-16-31)36(42)25-41(34-21-28(4)11-14-29(34)5)46(44,45)33-19-12-27(3)13-20-33/h6-21,26,35H,22-25H2,1-5H3,(H,39,43). The van der Waals surface area contributed by atoms with E-state index in [1.165, 1.54) is 9.21 Å². The van der Waals surface area contributed by atoms with Gasteiger partial charge in [-0.3, -0.25) is 13.9 Å². The second-order valence-corrected chi connectivity index (χ2v) is 14.9. The summed E-state index contributed by atoms with van der Waals surface area (Å²) in [6.45, 7) is 9.69. The summed E-state index contributed by atoms with van der Waals surface area (Å²) in [5.74, 6) is -0.570. The number of anilines is 1. The first-order chi connectivity index (χ1) is 21.8. The maximum Gasteiger partial charge on any atom is 0.264 e. The number of sulfonamides is 1. The molecule has 1 unspecified atom stereocenters. The van der Waals surface area contributed by atoms with E-state index in [4.69, 9.17) is 0 Å². The van der Waals surface area contributed by atoms with Crippen LogP contribution in [0.25, 0.3) is 0 Å². The number of halogens is 1. The highest BCUT2D eigenvalue weighted by atomic mass is 79.9. The van der Waals surface area contributed by atoms with Crippen molar-refractivity contribution in [2.45, 2.75) is 58.5 Å². The number of hydrogen-bond acceptors (Lipinski definition) is 4. The van der Waals surface area contributed by atoms with Gasteiger partial charge in [-0.25, -0.2) is 8.42 Å². The molecule has 242 valence electrons. The summed E-state index contributed by atoms with van der Waals surface area (Å²) in [7, 11) is -4.16. The molecule has 46 heavy (non-hydrogen) atoms. The van der Waals surface area contributed by atoms with Crippen molar-refractivity contribution in [2.24, 2.45) is 5.92 Å². The molecule has 2 amide bonds. The molecule has 0 aromatic heterocycles. The Morgan fingerprint density at radius 3 is 2.07 bits per heavy atom. The Balaban J connectivity index is 1.82. The van der Waals surface area contributed by atoms with E-state index >= 15 is 0 Å². The van der Waals surface area contributed by atoms with Gasteiger partial charge in [-0.2, -0.15) is 0 Å². The van der Waals surface area contributed by atoms with E-state index in [0.717, 1.165) is 26.7 Å². The number of hydrogen-bond donors (Lipinski definition) is 1. The van der Waals surface area contributed by atoms with E-state index in [2.05, 4.69) is 21.2 Å². The normalized spacial score (nSPS) is 12.1. The Bertz CT molecular complexity index is 1740. The second-order valence-electron chi connectivity index (χ2n) is 12.1. The lowest BCUT2D eigenvalue weighted by atomic mass is 10.0. The zero-order chi connectivity index (χ0) is 33.4. The molecule has 0 heterocycles. The number of aryl methyl sites for hydroxylation is 3. The lowest BCUT2D eigenvalue weighted by Gasteiger charge is -2.34. The van der Waals surface area contributed by atoms with Gasteiger partial charge in [0.05, 0.1) is 10.6 Å². The number of carbonyl (C=O) groups is 2. The van der Waals surface area contributed by atoms with Crippen LogP contribution in [0.4, 0.5) is 5.69 Å². The van der Waals surface area contributed by atoms with Crippen molar-refractivity contribution in [1.29, 1.82) is 0 Å². The van der Waals surface area contributed by atoms with E-state index in [9.17, 15) is 18.0 Å². The van der Waals surface area contributed by atoms with E-state index < -0.39 is 28.5 Å². The van der Waals surface area contributed by atoms with Gasteiger partial charge in [0.25, 0.3) is 10.0 Å². The molecular formula is C37H42BrN3O4S. The van der Waals surface area contributed by atoms with Gasteiger partial charge in [0.2, 0.25) is 11.8 Å². The third kappa shape index (κ3) is 9.07. The molecule has 9 heteroatoms. The zero-order valence-electron chi connectivity index (χ0n) is 27.0. The molecule has 0 aliphatic rings. The highest BCUT2D eigenvalue weighted by Gasteiger charge is 2.35. The first-order valence-corrected chi connectivity index (χ1v) is 17.6. The van der Waals surface area contributed by atoms with Gasteiger partial charge in [0, 0.05) is 24.0 Å². The van der Waals surface area contributed by atoms with Gasteiger partial charge in [0.15, 0.2) is 0 Å². The SMILES string of the molecule is Cc1ccc(S(=O)(=O)N(CC(=O)N(Cc2ccc(Br)cc2)C(Cc2ccccc2)C(=O)NCC(C)C)c2cc(C)ccc2C)cc1. The van der Waals surface area contributed by atoms with Crippen LogP contribution < -0.4 is 9.62 Å². The van der Waals surface area contributed by atoms with Crippen LogP contribution in [-0.2, 0) is 32.6 Å². The van der Waals surface area contributed by atoms with Crippen LogP contribution in [0, 0.1) is 26.7 Å². The van der Waals surface area contributed by atoms with Gasteiger partial charge >= 0.3 is 0 Å². The topological polar surface area (TPSA) is 86.8 Å². The van der Waals surface area contributed by atoms with E-state index in [1.807, 2.05) is 101 Å². The number of nitrogens with zero attached hydrogens (tertiary/aromatic N) is 2. The highest BCUT2D eigenvalue weighted by molar-refractivity contribution is 9.10. The van der Waals surface area contributed by atoms with E-state index in [1.54, 1.807) is 30.3 Å². The van der Waals surface area contributed by atoms with Crippen LogP contribution in [0.1, 0.15) is 41.7 Å². The van der Waals surface area contributed by atoms with Crippen molar-refractivity contribution in [3.8, 4) is 0 Å². The van der Waals surface area contributed by atoms with Crippen molar-refractivity contribution >= 4 is 43.5 Å². The average molecular weight is 705 g/mol. The first-order valence-electron chi connectivity index (χ1n) is 15.4. The summed E-state index contributed by atoms with van der Waals surface area (Å²) in [5.41, 5.74) is 4.61. The summed E-state index contributed by atoms with van der Waals surface area (Å²) >= 11 is 3.47. The van der Waals surface area contributed by atoms with Crippen LogP contribution in [0.2, 0.25) is 0 Å². The van der Waals surface area contributed by atoms with Crippen LogP contribution in [-0.4, -0.2) is 44.3 Å². The Morgan fingerprint density at radius 1 is 0.804 bits per heavy atom. The molecule has 0 aliphatic heterocycles. The summed E-state index contributed by atoms with van der Waals surface area (Å²) in [6, 6.07) is 28.4. The molecule has 1 N–H and O–H groups in total. The fraction of sp³-hybridized carbons (Fsp3) is 0.297. The maximum absolute atomic E-state index is 14.6. The smallest absolute Gasteiger partial charge is 0.264 e. The molecule has 4 rings (SSSR count). The van der Waals surface area contributed by atoms with Crippen LogP contribution in [0.3, 0.4) is 0 Å². The molecule has 4 aromatic rings. The van der Waals surface area contributed by atoms with Crippen LogP contribution in [0.5, 0.6) is 0 Å². The Kier molecular flexibility index (Phi) is 11.8. The molecule has 7 nitrogen and oxygen atoms in total. The van der Waals surface area contributed by atoms with Gasteiger partial charge in [-0.15, -0.1) is 0 Å². The average Bonchev–Trinajstić information content (AvgIpc) is 3.03. The van der Waals surface area contributed by atoms with Gasteiger partial charge in [-0.1, -0.05) is 102 Å². The summed E-state index contributed by atoms with van der Waals surface area (Å²) in [6.07, 6.45) is 0.265. The Labute approximate surface area is 281 Å². The maximum atomic E-state index is 14.6. The molecule has 1 atom stereocenters. The van der Waals surface area contributed by atoms with E-state index in [-0.39, 0.29) is 29.7 Å². The van der Waals surface area contributed by atoms with Crippen molar-refractivity contribution < 1.29 is 18.0 Å². The van der Waals surface area contributed by atoms with Gasteiger partial charge in [0.1, 0.15) is 12.6 Å². The molecular weight excluding hydrogens is 662 g/mol. The molecule has 0 bridgehead atoms. The largest absolute Gasteiger partial charge is 0.354 e. The van der Waals surface area contributed by atoms with Crippen molar-refractivity contribution in [3.05, 3.63) is 129 Å². The number of carbonyl (C=O) groups excluding carboxylic acids is 2. The number of rotatable bonds is 13. The third-order valence-electron chi connectivity index (χ3n) is 7.74. The minimum atomic E-state index is -4.16. The number of nitrogens with one attached hydrogen (secondary N) is 1. The molecule has 0 saturated carbocycles. The predicted molar refractivity (Wildman–Crippen MR) is 188 cm³/mol. The predicted octanol–water partition coefficient (Wildman–Crippen LogP) is 6.98. The fourth-order valence-electron chi connectivity index (χ4n) is 5.10. The highest BCUT2D eigenvalue weighted by Crippen LogP contribution is 2.29. The molecule has 0 radical (unpaired) electrons. The summed E-state index contributed by atoms with van der Waals surface area (Å²) < 4.78 is 30.7. The minimum Gasteiger partial charge on any atom is -0.354 e. The number of amides is 2. The van der Waals surface area contributed by atoms with Gasteiger partial charge in [-0.05, 0) is 79.3 Å². The van der Waals surface area contributed by atoms with E-state index in [0.29, 0.717) is 17.8 Å². The first kappa shape index (κ1) is 34.9. The van der Waals surface area contributed by atoms with Crippen molar-refractivity contribution in [3.63, 3.8) is 0 Å².